The maximum atomic E-state index is 13.3. The molecule has 0 aromatic carbocycles. The van der Waals surface area contributed by atoms with E-state index < -0.39 is 0 Å². The summed E-state index contributed by atoms with van der Waals surface area (Å²) < 4.78 is 3.50. The standard InChI is InChI=1S/C25H23N7O2/c1-15(33)31-12-8-16(9-13-31)32-23-21(30(2)25(32)34)14-28-20-6-5-19(29-22(20)23)17-7-11-27-24-18(17)4-3-10-26-24/h3-7,10-11,14,16H,8-9,12-13H2,1-2H3. The fraction of sp³-hybridized carbons (Fsp3) is 0.280. The van der Waals surface area contributed by atoms with Gasteiger partial charge in [0.15, 0.2) is 5.65 Å². The molecule has 0 unspecified atom stereocenters. The summed E-state index contributed by atoms with van der Waals surface area (Å²) >= 11 is 0. The number of hydrogen-bond acceptors (Lipinski definition) is 6. The first-order valence-electron chi connectivity index (χ1n) is 11.3. The molecular weight excluding hydrogens is 430 g/mol. The van der Waals surface area contributed by atoms with Gasteiger partial charge in [-0.25, -0.2) is 19.7 Å². The van der Waals surface area contributed by atoms with Crippen molar-refractivity contribution in [3.05, 3.63) is 59.4 Å². The second kappa shape index (κ2) is 7.72. The van der Waals surface area contributed by atoms with Gasteiger partial charge in [0.1, 0.15) is 5.52 Å². The first kappa shape index (κ1) is 20.5. The van der Waals surface area contributed by atoms with Gasteiger partial charge in [-0.1, -0.05) is 0 Å². The molecule has 0 radical (unpaired) electrons. The maximum absolute atomic E-state index is 13.3. The number of hydrogen-bond donors (Lipinski definition) is 0. The molecule has 5 aromatic heterocycles. The van der Waals surface area contributed by atoms with Gasteiger partial charge in [0.25, 0.3) is 0 Å². The Morgan fingerprint density at radius 1 is 1.03 bits per heavy atom. The van der Waals surface area contributed by atoms with Gasteiger partial charge in [0.2, 0.25) is 5.91 Å². The lowest BCUT2D eigenvalue weighted by molar-refractivity contribution is -0.130. The topological polar surface area (TPSA) is 98.8 Å². The second-order valence-electron chi connectivity index (χ2n) is 8.74. The fourth-order valence-corrected chi connectivity index (χ4v) is 5.02. The molecule has 9 heteroatoms. The van der Waals surface area contributed by atoms with Gasteiger partial charge in [0, 0.05) is 56.4 Å². The zero-order chi connectivity index (χ0) is 23.4. The van der Waals surface area contributed by atoms with E-state index >= 15 is 0 Å². The maximum Gasteiger partial charge on any atom is 0.329 e. The summed E-state index contributed by atoms with van der Waals surface area (Å²) in [4.78, 5) is 45.3. The summed E-state index contributed by atoms with van der Waals surface area (Å²) in [5, 5.41) is 0.916. The first-order chi connectivity index (χ1) is 16.5. The Balaban J connectivity index is 1.57. The predicted octanol–water partition coefficient (Wildman–Crippen LogP) is 3.08. The van der Waals surface area contributed by atoms with E-state index in [2.05, 4.69) is 15.0 Å². The highest BCUT2D eigenvalue weighted by Gasteiger charge is 2.27. The Kier molecular flexibility index (Phi) is 4.65. The number of aryl methyl sites for hydroxylation is 1. The van der Waals surface area contributed by atoms with Crippen molar-refractivity contribution in [2.45, 2.75) is 25.8 Å². The third kappa shape index (κ3) is 3.07. The van der Waals surface area contributed by atoms with E-state index in [0.29, 0.717) is 24.3 Å². The van der Waals surface area contributed by atoms with E-state index in [4.69, 9.17) is 4.98 Å². The third-order valence-electron chi connectivity index (χ3n) is 6.83. The molecule has 170 valence electrons. The summed E-state index contributed by atoms with van der Waals surface area (Å²) in [6.45, 7) is 2.87. The smallest absolute Gasteiger partial charge is 0.329 e. The highest BCUT2D eigenvalue weighted by atomic mass is 16.2. The Bertz CT molecular complexity index is 1640. The molecule has 1 fully saturated rings. The number of pyridine rings is 4. The molecule has 0 spiro atoms. The van der Waals surface area contributed by atoms with Gasteiger partial charge in [-0.15, -0.1) is 0 Å². The van der Waals surface area contributed by atoms with Gasteiger partial charge in [-0.2, -0.15) is 0 Å². The molecule has 0 saturated carbocycles. The molecule has 0 N–H and O–H groups in total. The van der Waals surface area contributed by atoms with E-state index in [0.717, 1.165) is 46.0 Å². The molecule has 6 heterocycles. The summed E-state index contributed by atoms with van der Waals surface area (Å²) in [7, 11) is 1.77. The Hall–Kier alpha value is -4.14. The van der Waals surface area contributed by atoms with E-state index in [-0.39, 0.29) is 17.6 Å². The van der Waals surface area contributed by atoms with Crippen LogP contribution >= 0.6 is 0 Å². The number of imidazole rings is 1. The van der Waals surface area contributed by atoms with Gasteiger partial charge < -0.3 is 4.90 Å². The number of piperidine rings is 1. The van der Waals surface area contributed by atoms with Crippen molar-refractivity contribution in [2.75, 3.05) is 13.1 Å². The molecule has 1 aliphatic rings. The number of rotatable bonds is 2. The molecule has 0 aliphatic carbocycles. The van der Waals surface area contributed by atoms with Crippen LogP contribution in [0.3, 0.4) is 0 Å². The molecule has 1 aliphatic heterocycles. The number of fused-ring (bicyclic) bond motifs is 4. The van der Waals surface area contributed by atoms with Gasteiger partial charge in [-0.05, 0) is 43.2 Å². The summed E-state index contributed by atoms with van der Waals surface area (Å²) in [6, 6.07) is 9.68. The minimum atomic E-state index is -0.0867. The van der Waals surface area contributed by atoms with E-state index in [1.54, 1.807) is 37.1 Å². The second-order valence-corrected chi connectivity index (χ2v) is 8.74. The van der Waals surface area contributed by atoms with Crippen LogP contribution in [0.4, 0.5) is 0 Å². The van der Waals surface area contributed by atoms with E-state index in [9.17, 15) is 9.59 Å². The van der Waals surface area contributed by atoms with Crippen LogP contribution in [0, 0.1) is 0 Å². The molecule has 5 aromatic rings. The lowest BCUT2D eigenvalue weighted by Gasteiger charge is -2.31. The molecule has 6 rings (SSSR count). The van der Waals surface area contributed by atoms with Gasteiger partial charge >= 0.3 is 5.69 Å². The zero-order valence-electron chi connectivity index (χ0n) is 19.0. The number of carbonyl (C=O) groups is 1. The van der Waals surface area contributed by atoms with Crippen molar-refractivity contribution in [1.29, 1.82) is 0 Å². The normalized spacial score (nSPS) is 14.9. The van der Waals surface area contributed by atoms with Crippen LogP contribution in [-0.4, -0.2) is 53.0 Å². The quantitative estimate of drug-likeness (QED) is 0.407. The fourth-order valence-electron chi connectivity index (χ4n) is 5.02. The monoisotopic (exact) mass is 453 g/mol. The highest BCUT2D eigenvalue weighted by Crippen LogP contribution is 2.31. The first-order valence-corrected chi connectivity index (χ1v) is 11.3. The molecule has 1 saturated heterocycles. The van der Waals surface area contributed by atoms with Crippen LogP contribution in [0.25, 0.3) is 44.4 Å². The largest absolute Gasteiger partial charge is 0.343 e. The average Bonchev–Trinajstić information content (AvgIpc) is 3.13. The SMILES string of the molecule is CC(=O)N1CCC(n2c(=O)n(C)c3cnc4ccc(-c5ccnc6ncccc56)nc4c32)CC1. The van der Waals surface area contributed by atoms with Crippen molar-refractivity contribution < 1.29 is 4.79 Å². The van der Waals surface area contributed by atoms with Crippen molar-refractivity contribution in [1.82, 2.24) is 34.0 Å². The van der Waals surface area contributed by atoms with E-state index in [1.807, 2.05) is 39.8 Å². The number of nitrogens with zero attached hydrogens (tertiary/aromatic N) is 7. The minimum Gasteiger partial charge on any atom is -0.343 e. The highest BCUT2D eigenvalue weighted by molar-refractivity contribution is 6.01. The lowest BCUT2D eigenvalue weighted by Crippen LogP contribution is -2.39. The van der Waals surface area contributed by atoms with Crippen LogP contribution in [0.5, 0.6) is 0 Å². The van der Waals surface area contributed by atoms with Crippen molar-refractivity contribution in [3.8, 4) is 11.3 Å². The van der Waals surface area contributed by atoms with E-state index in [1.165, 1.54) is 0 Å². The zero-order valence-corrected chi connectivity index (χ0v) is 19.0. The van der Waals surface area contributed by atoms with Crippen LogP contribution in [-0.2, 0) is 11.8 Å². The van der Waals surface area contributed by atoms with Crippen molar-refractivity contribution in [2.24, 2.45) is 7.05 Å². The van der Waals surface area contributed by atoms with Gasteiger partial charge in [-0.3, -0.25) is 18.9 Å². The number of likely N-dealkylation sites (tertiary alicyclic amines) is 1. The Morgan fingerprint density at radius 3 is 2.62 bits per heavy atom. The predicted molar refractivity (Wildman–Crippen MR) is 129 cm³/mol. The summed E-state index contributed by atoms with van der Waals surface area (Å²) in [5.74, 6) is 0.0729. The molecule has 0 atom stereocenters. The molecular formula is C25H23N7O2. The van der Waals surface area contributed by atoms with Crippen molar-refractivity contribution >= 4 is 39.0 Å². The average molecular weight is 454 g/mol. The van der Waals surface area contributed by atoms with Gasteiger partial charge in [0.05, 0.1) is 28.4 Å². The number of carbonyl (C=O) groups excluding carboxylic acids is 1. The Morgan fingerprint density at radius 2 is 1.82 bits per heavy atom. The Labute approximate surface area is 194 Å². The molecule has 0 bridgehead atoms. The molecule has 9 nitrogen and oxygen atoms in total. The lowest BCUT2D eigenvalue weighted by atomic mass is 10.0. The summed E-state index contributed by atoms with van der Waals surface area (Å²) in [6.07, 6.45) is 6.65. The van der Waals surface area contributed by atoms with Crippen molar-refractivity contribution in [3.63, 3.8) is 0 Å². The molecule has 34 heavy (non-hydrogen) atoms. The van der Waals surface area contributed by atoms with Crippen LogP contribution in [0.2, 0.25) is 0 Å². The molecule has 1 amide bonds. The third-order valence-corrected chi connectivity index (χ3v) is 6.83. The van der Waals surface area contributed by atoms with Crippen LogP contribution < -0.4 is 5.69 Å². The number of amides is 1. The summed E-state index contributed by atoms with van der Waals surface area (Å²) in [5.41, 5.74) is 5.23. The number of aromatic nitrogens is 6. The van der Waals surface area contributed by atoms with Crippen LogP contribution in [0.1, 0.15) is 25.8 Å². The minimum absolute atomic E-state index is 0.00573. The van der Waals surface area contributed by atoms with Crippen LogP contribution in [0.15, 0.2) is 53.7 Å².